The normalized spacial score (nSPS) is 11.8. The Bertz CT molecular complexity index is 584. The largest absolute Gasteiger partial charge is 0.506 e. The molecule has 4 N–H and O–H groups in total. The summed E-state index contributed by atoms with van der Waals surface area (Å²) in [5, 5.41) is 12.1. The number of amides is 1. The Morgan fingerprint density at radius 2 is 2.16 bits per heavy atom. The van der Waals surface area contributed by atoms with Gasteiger partial charge in [-0.2, -0.15) is 0 Å². The zero-order valence-corrected chi connectivity index (χ0v) is 10.5. The number of hydrogen-bond acceptors (Lipinski definition) is 4. The summed E-state index contributed by atoms with van der Waals surface area (Å²) in [6.45, 7) is 1.85. The Balaban J connectivity index is 2.11. The van der Waals surface area contributed by atoms with Gasteiger partial charge in [0, 0.05) is 11.8 Å². The van der Waals surface area contributed by atoms with Crippen LogP contribution in [0.4, 0.5) is 5.69 Å². The SMILES string of the molecule is CC(NC(=O)c1ccc(O)c(N)c1)c1ccccn1. The third-order valence-electron chi connectivity index (χ3n) is 2.77. The van der Waals surface area contributed by atoms with Crippen molar-refractivity contribution in [2.24, 2.45) is 0 Å². The fraction of sp³-hybridized carbons (Fsp3) is 0.143. The van der Waals surface area contributed by atoms with E-state index in [0.29, 0.717) is 5.56 Å². The molecule has 2 rings (SSSR count). The van der Waals surface area contributed by atoms with Crippen LogP contribution < -0.4 is 11.1 Å². The van der Waals surface area contributed by atoms with Gasteiger partial charge in [0.25, 0.3) is 5.91 Å². The van der Waals surface area contributed by atoms with Crippen LogP contribution in [-0.2, 0) is 0 Å². The molecule has 0 saturated heterocycles. The van der Waals surface area contributed by atoms with Crippen LogP contribution in [0, 0.1) is 0 Å². The van der Waals surface area contributed by atoms with E-state index in [1.807, 2.05) is 25.1 Å². The van der Waals surface area contributed by atoms with Crippen LogP contribution in [0.25, 0.3) is 0 Å². The van der Waals surface area contributed by atoms with Crippen molar-refractivity contribution in [2.75, 3.05) is 5.73 Å². The summed E-state index contributed by atoms with van der Waals surface area (Å²) in [7, 11) is 0. The maximum atomic E-state index is 12.0. The average molecular weight is 257 g/mol. The van der Waals surface area contributed by atoms with Crippen molar-refractivity contribution in [1.29, 1.82) is 0 Å². The fourth-order valence-electron chi connectivity index (χ4n) is 1.68. The van der Waals surface area contributed by atoms with E-state index in [9.17, 15) is 9.90 Å². The van der Waals surface area contributed by atoms with Crippen molar-refractivity contribution < 1.29 is 9.90 Å². The Kier molecular flexibility index (Phi) is 3.66. The van der Waals surface area contributed by atoms with E-state index in [0.717, 1.165) is 5.69 Å². The van der Waals surface area contributed by atoms with Crippen molar-refractivity contribution in [3.05, 3.63) is 53.9 Å². The monoisotopic (exact) mass is 257 g/mol. The second kappa shape index (κ2) is 5.39. The van der Waals surface area contributed by atoms with Crippen LogP contribution in [0.2, 0.25) is 0 Å². The minimum atomic E-state index is -0.259. The van der Waals surface area contributed by atoms with Crippen LogP contribution in [0.5, 0.6) is 5.75 Å². The molecule has 1 heterocycles. The first kappa shape index (κ1) is 12.9. The molecule has 19 heavy (non-hydrogen) atoms. The summed E-state index contributed by atoms with van der Waals surface area (Å²) in [5.74, 6) is -0.292. The number of aromatic nitrogens is 1. The van der Waals surface area contributed by atoms with E-state index >= 15 is 0 Å². The van der Waals surface area contributed by atoms with Gasteiger partial charge in [-0.3, -0.25) is 9.78 Å². The number of carbonyl (C=O) groups is 1. The summed E-state index contributed by atoms with van der Waals surface area (Å²) < 4.78 is 0. The zero-order chi connectivity index (χ0) is 13.8. The van der Waals surface area contributed by atoms with Gasteiger partial charge in [0.2, 0.25) is 0 Å². The van der Waals surface area contributed by atoms with Crippen LogP contribution in [0.1, 0.15) is 29.0 Å². The smallest absolute Gasteiger partial charge is 0.251 e. The van der Waals surface area contributed by atoms with Crippen molar-refractivity contribution >= 4 is 11.6 Å². The molecule has 0 fully saturated rings. The standard InChI is InChI=1S/C14H15N3O2/c1-9(12-4-2-3-7-16-12)17-14(19)10-5-6-13(18)11(15)8-10/h2-9,18H,15H2,1H3,(H,17,19). The number of nitrogens with two attached hydrogens (primary N) is 1. The lowest BCUT2D eigenvalue weighted by Gasteiger charge is -2.13. The number of nitrogens with one attached hydrogen (secondary N) is 1. The molecule has 0 saturated carbocycles. The quantitative estimate of drug-likeness (QED) is 0.578. The van der Waals surface area contributed by atoms with Gasteiger partial charge in [-0.1, -0.05) is 6.07 Å². The van der Waals surface area contributed by atoms with Gasteiger partial charge in [0.05, 0.1) is 17.4 Å². The first-order valence-electron chi connectivity index (χ1n) is 5.88. The Hall–Kier alpha value is -2.56. The van der Waals surface area contributed by atoms with Crippen molar-refractivity contribution in [3.8, 4) is 5.75 Å². The maximum absolute atomic E-state index is 12.0. The summed E-state index contributed by atoms with van der Waals surface area (Å²) in [5.41, 5.74) is 6.92. The van der Waals surface area contributed by atoms with Crippen LogP contribution in [0.3, 0.4) is 0 Å². The molecule has 0 aliphatic heterocycles. The molecule has 0 spiro atoms. The molecule has 1 aromatic heterocycles. The number of rotatable bonds is 3. The number of benzene rings is 1. The van der Waals surface area contributed by atoms with Gasteiger partial charge in [-0.05, 0) is 37.3 Å². The maximum Gasteiger partial charge on any atom is 0.251 e. The minimum Gasteiger partial charge on any atom is -0.506 e. The third-order valence-corrected chi connectivity index (χ3v) is 2.77. The van der Waals surface area contributed by atoms with Crippen molar-refractivity contribution in [3.63, 3.8) is 0 Å². The number of phenolic OH excluding ortho intramolecular Hbond substituents is 1. The van der Waals surface area contributed by atoms with Gasteiger partial charge in [-0.15, -0.1) is 0 Å². The Morgan fingerprint density at radius 3 is 2.79 bits per heavy atom. The zero-order valence-electron chi connectivity index (χ0n) is 10.5. The molecule has 1 unspecified atom stereocenters. The lowest BCUT2D eigenvalue weighted by Crippen LogP contribution is -2.27. The highest BCUT2D eigenvalue weighted by Crippen LogP contribution is 2.20. The summed E-state index contributed by atoms with van der Waals surface area (Å²) in [6, 6.07) is 9.68. The van der Waals surface area contributed by atoms with E-state index in [1.165, 1.54) is 18.2 Å². The number of hydrogen-bond donors (Lipinski definition) is 3. The summed E-state index contributed by atoms with van der Waals surface area (Å²) >= 11 is 0. The van der Waals surface area contributed by atoms with E-state index < -0.39 is 0 Å². The molecule has 2 aromatic rings. The lowest BCUT2D eigenvalue weighted by atomic mass is 10.1. The molecular formula is C14H15N3O2. The molecule has 0 radical (unpaired) electrons. The molecule has 5 heteroatoms. The number of pyridine rings is 1. The van der Waals surface area contributed by atoms with Gasteiger partial charge < -0.3 is 16.2 Å². The molecule has 98 valence electrons. The number of aromatic hydroxyl groups is 1. The van der Waals surface area contributed by atoms with Crippen molar-refractivity contribution in [1.82, 2.24) is 10.3 Å². The average Bonchev–Trinajstić information content (AvgIpc) is 2.42. The van der Waals surface area contributed by atoms with Crippen molar-refractivity contribution in [2.45, 2.75) is 13.0 Å². The summed E-state index contributed by atoms with van der Waals surface area (Å²) in [4.78, 5) is 16.2. The van der Waals surface area contributed by atoms with Crippen LogP contribution in [-0.4, -0.2) is 16.0 Å². The molecule has 1 aromatic carbocycles. The second-order valence-corrected chi connectivity index (χ2v) is 4.22. The first-order chi connectivity index (χ1) is 9.08. The highest BCUT2D eigenvalue weighted by atomic mass is 16.3. The summed E-state index contributed by atoms with van der Waals surface area (Å²) in [6.07, 6.45) is 1.68. The molecule has 0 aliphatic carbocycles. The molecular weight excluding hydrogens is 242 g/mol. The van der Waals surface area contributed by atoms with Gasteiger partial charge >= 0.3 is 0 Å². The second-order valence-electron chi connectivity index (χ2n) is 4.22. The van der Waals surface area contributed by atoms with Gasteiger partial charge in [-0.25, -0.2) is 0 Å². The highest BCUT2D eigenvalue weighted by molar-refractivity contribution is 5.95. The fourth-order valence-corrected chi connectivity index (χ4v) is 1.68. The van der Waals surface area contributed by atoms with E-state index in [2.05, 4.69) is 10.3 Å². The number of nitrogens with zero attached hydrogens (tertiary/aromatic N) is 1. The minimum absolute atomic E-state index is 0.0330. The molecule has 0 aliphatic rings. The lowest BCUT2D eigenvalue weighted by molar-refractivity contribution is 0.0939. The topological polar surface area (TPSA) is 88.2 Å². The predicted octanol–water partition coefficient (Wildman–Crippen LogP) is 1.86. The Labute approximate surface area is 111 Å². The van der Waals surface area contributed by atoms with Gasteiger partial charge in [0.15, 0.2) is 0 Å². The number of anilines is 1. The number of phenols is 1. The van der Waals surface area contributed by atoms with Gasteiger partial charge in [0.1, 0.15) is 5.75 Å². The van der Waals surface area contributed by atoms with E-state index in [-0.39, 0.29) is 23.4 Å². The Morgan fingerprint density at radius 1 is 1.37 bits per heavy atom. The molecule has 1 atom stereocenters. The molecule has 1 amide bonds. The van der Waals surface area contributed by atoms with Crippen LogP contribution >= 0.6 is 0 Å². The first-order valence-corrected chi connectivity index (χ1v) is 5.88. The number of nitrogen functional groups attached to an aromatic ring is 1. The molecule has 5 nitrogen and oxygen atoms in total. The third kappa shape index (κ3) is 3.01. The molecule has 0 bridgehead atoms. The van der Waals surface area contributed by atoms with Crippen LogP contribution in [0.15, 0.2) is 42.6 Å². The van der Waals surface area contributed by atoms with E-state index in [1.54, 1.807) is 6.20 Å². The van der Waals surface area contributed by atoms with E-state index in [4.69, 9.17) is 5.73 Å². The predicted molar refractivity (Wildman–Crippen MR) is 72.6 cm³/mol. The highest BCUT2D eigenvalue weighted by Gasteiger charge is 2.13. The number of carbonyl (C=O) groups excluding carboxylic acids is 1.